The number of aliphatic hydroxyl groups excluding tert-OH is 1. The van der Waals surface area contributed by atoms with Crippen LogP contribution in [-0.4, -0.2) is 49.3 Å². The van der Waals surface area contributed by atoms with Crippen molar-refractivity contribution in [3.05, 3.63) is 28.8 Å². The molecule has 2 rings (SSSR count). The first-order valence-electron chi connectivity index (χ1n) is 7.17. The monoisotopic (exact) mass is 262 g/mol. The number of hydrogen-bond donors (Lipinski definition) is 1. The molecule has 1 unspecified atom stereocenters. The molecule has 0 amide bonds. The normalized spacial score (nSPS) is 21.5. The lowest BCUT2D eigenvalue weighted by Crippen LogP contribution is -2.41. The summed E-state index contributed by atoms with van der Waals surface area (Å²) in [5.74, 6) is 0. The molecule has 1 aliphatic rings. The van der Waals surface area contributed by atoms with Crippen molar-refractivity contribution in [1.82, 2.24) is 4.90 Å². The third kappa shape index (κ3) is 3.10. The van der Waals surface area contributed by atoms with Gasteiger partial charge in [-0.1, -0.05) is 17.7 Å². The Morgan fingerprint density at radius 2 is 1.79 bits per heavy atom. The van der Waals surface area contributed by atoms with Gasteiger partial charge in [-0.05, 0) is 51.9 Å². The molecular formula is C16H26N2O. The Morgan fingerprint density at radius 1 is 1.16 bits per heavy atom. The van der Waals surface area contributed by atoms with Crippen molar-refractivity contribution in [2.45, 2.75) is 33.2 Å². The van der Waals surface area contributed by atoms with Gasteiger partial charge in [-0.3, -0.25) is 4.90 Å². The minimum Gasteiger partial charge on any atom is -0.395 e. The Bertz CT molecular complexity index is 421. The molecule has 1 atom stereocenters. The summed E-state index contributed by atoms with van der Waals surface area (Å²) < 4.78 is 0. The maximum absolute atomic E-state index is 9.57. The zero-order valence-electron chi connectivity index (χ0n) is 12.6. The van der Waals surface area contributed by atoms with Crippen LogP contribution >= 0.6 is 0 Å². The average Bonchev–Trinajstić information content (AvgIpc) is 2.50. The third-order valence-electron chi connectivity index (χ3n) is 4.16. The number of nitrogens with zero attached hydrogens (tertiary/aromatic N) is 2. The number of rotatable bonds is 2. The lowest BCUT2D eigenvalue weighted by atomic mass is 10.0. The summed E-state index contributed by atoms with van der Waals surface area (Å²) in [6.45, 7) is 9.82. The van der Waals surface area contributed by atoms with Crippen LogP contribution in [0.15, 0.2) is 12.1 Å². The van der Waals surface area contributed by atoms with Gasteiger partial charge in [0.05, 0.1) is 6.61 Å². The maximum atomic E-state index is 9.57. The summed E-state index contributed by atoms with van der Waals surface area (Å²) in [6.07, 6.45) is 1.15. The fourth-order valence-corrected chi connectivity index (χ4v) is 3.25. The molecule has 1 fully saturated rings. The highest BCUT2D eigenvalue weighted by molar-refractivity contribution is 5.60. The fourth-order valence-electron chi connectivity index (χ4n) is 3.25. The van der Waals surface area contributed by atoms with Gasteiger partial charge in [-0.25, -0.2) is 0 Å². The SMILES string of the molecule is Cc1cc(C)c(N2CCCN(C)C(CO)C2)c(C)c1. The van der Waals surface area contributed by atoms with Gasteiger partial charge in [0.2, 0.25) is 0 Å². The van der Waals surface area contributed by atoms with Crippen LogP contribution in [0.3, 0.4) is 0 Å². The van der Waals surface area contributed by atoms with Gasteiger partial charge in [0.15, 0.2) is 0 Å². The van der Waals surface area contributed by atoms with E-state index in [4.69, 9.17) is 0 Å². The van der Waals surface area contributed by atoms with E-state index in [2.05, 4.69) is 49.8 Å². The first-order valence-corrected chi connectivity index (χ1v) is 7.17. The predicted molar refractivity (Wildman–Crippen MR) is 81.0 cm³/mol. The summed E-state index contributed by atoms with van der Waals surface area (Å²) in [5.41, 5.74) is 5.38. The average molecular weight is 262 g/mol. The Balaban J connectivity index is 2.30. The first-order chi connectivity index (χ1) is 9.02. The Morgan fingerprint density at radius 3 is 2.37 bits per heavy atom. The number of aliphatic hydroxyl groups is 1. The van der Waals surface area contributed by atoms with Crippen molar-refractivity contribution in [2.24, 2.45) is 0 Å². The molecule has 1 aliphatic heterocycles. The van der Waals surface area contributed by atoms with Crippen LogP contribution in [0.1, 0.15) is 23.1 Å². The summed E-state index contributed by atoms with van der Waals surface area (Å²) in [4.78, 5) is 4.73. The number of hydrogen-bond acceptors (Lipinski definition) is 3. The van der Waals surface area contributed by atoms with Gasteiger partial charge in [-0.2, -0.15) is 0 Å². The van der Waals surface area contributed by atoms with Crippen LogP contribution in [0, 0.1) is 20.8 Å². The predicted octanol–water partition coefficient (Wildman–Crippen LogP) is 2.11. The number of likely N-dealkylation sites (N-methyl/N-ethyl adjacent to an activating group) is 1. The van der Waals surface area contributed by atoms with E-state index in [9.17, 15) is 5.11 Å². The number of anilines is 1. The molecule has 1 aromatic rings. The topological polar surface area (TPSA) is 26.7 Å². The maximum Gasteiger partial charge on any atom is 0.0603 e. The molecule has 1 aromatic carbocycles. The van der Waals surface area contributed by atoms with E-state index in [0.717, 1.165) is 26.1 Å². The van der Waals surface area contributed by atoms with Gasteiger partial charge in [0.1, 0.15) is 0 Å². The minimum absolute atomic E-state index is 0.233. The highest BCUT2D eigenvalue weighted by Crippen LogP contribution is 2.28. The van der Waals surface area contributed by atoms with Crippen molar-refractivity contribution < 1.29 is 5.11 Å². The fraction of sp³-hybridized carbons (Fsp3) is 0.625. The molecule has 0 saturated carbocycles. The van der Waals surface area contributed by atoms with Crippen LogP contribution in [0.4, 0.5) is 5.69 Å². The second-order valence-electron chi connectivity index (χ2n) is 5.86. The third-order valence-corrected chi connectivity index (χ3v) is 4.16. The quantitative estimate of drug-likeness (QED) is 0.884. The lowest BCUT2D eigenvalue weighted by Gasteiger charge is -2.31. The number of aryl methyl sites for hydroxylation is 3. The van der Waals surface area contributed by atoms with Gasteiger partial charge in [-0.15, -0.1) is 0 Å². The summed E-state index contributed by atoms with van der Waals surface area (Å²) >= 11 is 0. The molecule has 0 spiro atoms. The number of benzene rings is 1. The molecule has 0 aromatic heterocycles. The largest absolute Gasteiger partial charge is 0.395 e. The van der Waals surface area contributed by atoms with E-state index < -0.39 is 0 Å². The molecule has 1 N–H and O–H groups in total. The Hall–Kier alpha value is -1.06. The molecule has 0 aliphatic carbocycles. The zero-order chi connectivity index (χ0) is 14.0. The Kier molecular flexibility index (Phi) is 4.48. The van der Waals surface area contributed by atoms with E-state index in [0.29, 0.717) is 0 Å². The Labute approximate surface area is 116 Å². The summed E-state index contributed by atoms with van der Waals surface area (Å²) in [6, 6.07) is 4.75. The second kappa shape index (κ2) is 5.93. The molecule has 1 saturated heterocycles. The van der Waals surface area contributed by atoms with E-state index in [-0.39, 0.29) is 12.6 Å². The molecule has 3 heteroatoms. The molecule has 0 bridgehead atoms. The standard InChI is InChI=1S/C16H26N2O/c1-12-8-13(2)16(14(3)9-12)18-7-5-6-17(4)15(10-18)11-19/h8-9,15,19H,5-7,10-11H2,1-4H3. The lowest BCUT2D eigenvalue weighted by molar-refractivity contribution is 0.159. The van der Waals surface area contributed by atoms with Crippen LogP contribution in [0.2, 0.25) is 0 Å². The molecule has 3 nitrogen and oxygen atoms in total. The molecular weight excluding hydrogens is 236 g/mol. The molecule has 19 heavy (non-hydrogen) atoms. The highest BCUT2D eigenvalue weighted by Gasteiger charge is 2.23. The van der Waals surface area contributed by atoms with Crippen LogP contribution in [0.25, 0.3) is 0 Å². The van der Waals surface area contributed by atoms with E-state index in [1.165, 1.54) is 22.4 Å². The van der Waals surface area contributed by atoms with Crippen molar-refractivity contribution in [3.8, 4) is 0 Å². The van der Waals surface area contributed by atoms with Gasteiger partial charge in [0, 0.05) is 24.8 Å². The van der Waals surface area contributed by atoms with Crippen molar-refractivity contribution in [1.29, 1.82) is 0 Å². The van der Waals surface area contributed by atoms with Crippen molar-refractivity contribution in [2.75, 3.05) is 38.2 Å². The van der Waals surface area contributed by atoms with E-state index in [1.54, 1.807) is 0 Å². The molecule has 106 valence electrons. The van der Waals surface area contributed by atoms with E-state index >= 15 is 0 Å². The van der Waals surface area contributed by atoms with Gasteiger partial charge < -0.3 is 10.0 Å². The zero-order valence-corrected chi connectivity index (χ0v) is 12.6. The van der Waals surface area contributed by atoms with Crippen molar-refractivity contribution >= 4 is 5.69 Å². The second-order valence-corrected chi connectivity index (χ2v) is 5.86. The van der Waals surface area contributed by atoms with Gasteiger partial charge >= 0.3 is 0 Å². The van der Waals surface area contributed by atoms with Crippen molar-refractivity contribution in [3.63, 3.8) is 0 Å². The van der Waals surface area contributed by atoms with Crippen LogP contribution in [0.5, 0.6) is 0 Å². The smallest absolute Gasteiger partial charge is 0.0603 e. The molecule has 1 heterocycles. The van der Waals surface area contributed by atoms with Crippen LogP contribution < -0.4 is 4.90 Å². The van der Waals surface area contributed by atoms with Gasteiger partial charge in [0.25, 0.3) is 0 Å². The summed E-state index contributed by atoms with van der Waals surface area (Å²) in [5, 5.41) is 9.57. The summed E-state index contributed by atoms with van der Waals surface area (Å²) in [7, 11) is 2.11. The highest BCUT2D eigenvalue weighted by atomic mass is 16.3. The first kappa shape index (κ1) is 14.4. The molecule has 0 radical (unpaired) electrons. The van der Waals surface area contributed by atoms with Crippen LogP contribution in [-0.2, 0) is 0 Å². The minimum atomic E-state index is 0.233. The van der Waals surface area contributed by atoms with E-state index in [1.807, 2.05) is 0 Å².